The first-order valence-electron chi connectivity index (χ1n) is 15.3. The van der Waals surface area contributed by atoms with Crippen molar-refractivity contribution < 1.29 is 33.0 Å². The summed E-state index contributed by atoms with van der Waals surface area (Å²) in [4.78, 5) is 40.8. The van der Waals surface area contributed by atoms with Crippen LogP contribution in [0.3, 0.4) is 0 Å². The van der Waals surface area contributed by atoms with E-state index in [0.717, 1.165) is 24.0 Å². The molecule has 1 saturated carbocycles. The monoisotopic (exact) mass is 616 g/mol. The maximum absolute atomic E-state index is 13.6. The van der Waals surface area contributed by atoms with Crippen molar-refractivity contribution in [1.82, 2.24) is 20.9 Å². The maximum Gasteiger partial charge on any atom is 0.258 e. The van der Waals surface area contributed by atoms with E-state index in [9.17, 15) is 18.8 Å². The largest absolute Gasteiger partial charge is 0.493 e. The lowest BCUT2D eigenvalue weighted by atomic mass is 10.1. The Hall–Kier alpha value is -4.64. The van der Waals surface area contributed by atoms with Gasteiger partial charge in [0.25, 0.3) is 11.8 Å². The van der Waals surface area contributed by atoms with Gasteiger partial charge in [-0.3, -0.25) is 19.3 Å². The lowest BCUT2D eigenvalue weighted by Gasteiger charge is -2.22. The lowest BCUT2D eigenvalue weighted by molar-refractivity contribution is -0.123. The molecular weight excluding hydrogens is 579 g/mol. The van der Waals surface area contributed by atoms with E-state index >= 15 is 0 Å². The summed E-state index contributed by atoms with van der Waals surface area (Å²) in [6.45, 7) is 2.06. The van der Waals surface area contributed by atoms with Gasteiger partial charge in [-0.25, -0.2) is 4.39 Å². The third-order valence-corrected chi connectivity index (χ3v) is 8.07. The van der Waals surface area contributed by atoms with Crippen LogP contribution < -0.4 is 30.2 Å². The lowest BCUT2D eigenvalue weighted by Crippen LogP contribution is -2.45. The number of ether oxygens (including phenoxy) is 3. The highest BCUT2D eigenvalue weighted by Gasteiger charge is 2.36. The highest BCUT2D eigenvalue weighted by atomic mass is 19.1. The Labute approximate surface area is 261 Å². The number of fused-ring (bicyclic) bond motifs is 7. The van der Waals surface area contributed by atoms with E-state index in [-0.39, 0.29) is 36.7 Å². The van der Waals surface area contributed by atoms with Crippen molar-refractivity contribution in [2.24, 2.45) is 5.92 Å². The Balaban J connectivity index is 1.16. The molecule has 11 heteroatoms. The predicted octanol–water partition coefficient (Wildman–Crippen LogP) is 2.84. The summed E-state index contributed by atoms with van der Waals surface area (Å²) in [7, 11) is 0. The minimum Gasteiger partial charge on any atom is -0.493 e. The molecule has 10 nitrogen and oxygen atoms in total. The Morgan fingerprint density at radius 3 is 2.58 bits per heavy atom. The summed E-state index contributed by atoms with van der Waals surface area (Å²) in [5.41, 5.74) is 2.17. The normalized spacial score (nSPS) is 20.2. The number of hydrogen-bond donors (Lipinski definition) is 3. The zero-order valence-electron chi connectivity index (χ0n) is 24.9. The zero-order chi connectivity index (χ0) is 31.2. The van der Waals surface area contributed by atoms with Crippen LogP contribution in [0.2, 0.25) is 0 Å². The second-order valence-electron chi connectivity index (χ2n) is 11.8. The molecule has 0 unspecified atom stereocenters. The van der Waals surface area contributed by atoms with E-state index in [1.165, 1.54) is 12.1 Å². The fourth-order valence-corrected chi connectivity index (χ4v) is 5.38. The highest BCUT2D eigenvalue weighted by molar-refractivity contribution is 5.95. The molecule has 3 heterocycles. The van der Waals surface area contributed by atoms with Crippen molar-refractivity contribution in [2.75, 3.05) is 39.4 Å². The van der Waals surface area contributed by atoms with Crippen LogP contribution in [0.5, 0.6) is 17.2 Å². The topological polar surface area (TPSA) is 118 Å². The summed E-state index contributed by atoms with van der Waals surface area (Å²) in [5, 5.41) is 8.87. The Morgan fingerprint density at radius 2 is 1.80 bits per heavy atom. The number of benzene rings is 3. The fraction of sp³-hybridized carbons (Fsp3) is 0.382. The van der Waals surface area contributed by atoms with Gasteiger partial charge >= 0.3 is 0 Å². The van der Waals surface area contributed by atoms with E-state index < -0.39 is 12.1 Å². The molecule has 7 rings (SSSR count). The number of nitrogens with one attached hydrogen (secondary N) is 3. The first kappa shape index (κ1) is 30.4. The number of nitrogens with zero attached hydrogens (tertiary/aromatic N) is 1. The van der Waals surface area contributed by atoms with Crippen LogP contribution in [-0.4, -0.2) is 74.2 Å². The number of likely N-dealkylation sites (tertiary alicyclic amines) is 1. The maximum atomic E-state index is 13.6. The number of hydrogen-bond acceptors (Lipinski definition) is 7. The van der Waals surface area contributed by atoms with Crippen molar-refractivity contribution in [3.8, 4) is 17.2 Å². The van der Waals surface area contributed by atoms with E-state index in [1.807, 2.05) is 29.2 Å². The number of carbonyl (C=O) groups excluding carboxylic acids is 3. The molecule has 4 bridgehead atoms. The number of rotatable bonds is 8. The van der Waals surface area contributed by atoms with Gasteiger partial charge in [-0.1, -0.05) is 24.3 Å². The molecule has 4 aliphatic rings. The molecule has 3 N–H and O–H groups in total. The van der Waals surface area contributed by atoms with Crippen LogP contribution in [0.15, 0.2) is 66.7 Å². The molecule has 3 aliphatic heterocycles. The van der Waals surface area contributed by atoms with Crippen molar-refractivity contribution in [1.29, 1.82) is 0 Å². The highest BCUT2D eigenvalue weighted by Crippen LogP contribution is 2.31. The van der Waals surface area contributed by atoms with Crippen molar-refractivity contribution in [2.45, 2.75) is 38.0 Å². The van der Waals surface area contributed by atoms with Gasteiger partial charge in [0.05, 0.1) is 19.2 Å². The first-order chi connectivity index (χ1) is 21.9. The molecule has 3 aromatic carbocycles. The Morgan fingerprint density at radius 1 is 1.00 bits per heavy atom. The van der Waals surface area contributed by atoms with Gasteiger partial charge in [0.15, 0.2) is 6.61 Å². The van der Waals surface area contributed by atoms with Crippen LogP contribution in [0, 0.1) is 11.7 Å². The van der Waals surface area contributed by atoms with Gasteiger partial charge in [-0.2, -0.15) is 0 Å². The van der Waals surface area contributed by atoms with Crippen molar-refractivity contribution in [3.63, 3.8) is 0 Å². The van der Waals surface area contributed by atoms with Crippen LogP contribution in [0.1, 0.15) is 34.3 Å². The summed E-state index contributed by atoms with van der Waals surface area (Å²) in [6, 6.07) is 18.2. The zero-order valence-corrected chi connectivity index (χ0v) is 24.9. The molecule has 0 radical (unpaired) electrons. The second-order valence-corrected chi connectivity index (χ2v) is 11.8. The van der Waals surface area contributed by atoms with Gasteiger partial charge in [0.1, 0.15) is 29.2 Å². The number of amides is 3. The van der Waals surface area contributed by atoms with Gasteiger partial charge in [-0.05, 0) is 72.7 Å². The molecule has 3 amide bonds. The molecule has 3 aromatic rings. The minimum atomic E-state index is -0.424. The van der Waals surface area contributed by atoms with Gasteiger partial charge in [-0.15, -0.1) is 0 Å². The molecule has 2 fully saturated rings. The Bertz CT molecular complexity index is 1510. The average molecular weight is 617 g/mol. The molecule has 1 saturated heterocycles. The van der Waals surface area contributed by atoms with Gasteiger partial charge in [0, 0.05) is 37.8 Å². The molecule has 0 aromatic heterocycles. The SMILES string of the molecule is O=C1COc2cc(OCC3CC3)cc(c2)C(=O)N[C@H]2CN(CC(=O)NCCc3ccc(F)cc3)C[C@@H]2Oc2ccc(cc2)CN1. The van der Waals surface area contributed by atoms with Crippen molar-refractivity contribution >= 4 is 17.7 Å². The number of carbonyl (C=O) groups is 3. The van der Waals surface area contributed by atoms with E-state index in [1.54, 1.807) is 30.3 Å². The van der Waals surface area contributed by atoms with E-state index in [2.05, 4.69) is 16.0 Å². The molecular formula is C34H37FN4O6. The standard InChI is InChI=1S/C34H37FN4O6/c35-26-7-3-22(4-8-26)11-12-36-32(40)19-39-17-30-31(18-39)45-27-9-5-23(6-10-27)16-37-33(41)21-44-29-14-25(34(42)38-30)13-28(15-29)43-20-24-1-2-24/h3-10,13-15,24,30-31H,1-2,11-12,16-21H2,(H,36,40)(H,37,41)(H,38,42)/t30-,31-/m0/s1. The average Bonchev–Trinajstić information content (AvgIpc) is 3.80. The Kier molecular flexibility index (Phi) is 9.44. The third kappa shape index (κ3) is 8.72. The van der Waals surface area contributed by atoms with E-state index in [0.29, 0.717) is 67.9 Å². The molecule has 236 valence electrons. The van der Waals surface area contributed by atoms with E-state index in [4.69, 9.17) is 14.2 Å². The van der Waals surface area contributed by atoms with Crippen molar-refractivity contribution in [3.05, 3.63) is 89.2 Å². The summed E-state index contributed by atoms with van der Waals surface area (Å²) >= 11 is 0. The third-order valence-electron chi connectivity index (χ3n) is 8.07. The molecule has 45 heavy (non-hydrogen) atoms. The molecule has 2 atom stereocenters. The molecule has 1 aliphatic carbocycles. The summed E-state index contributed by atoms with van der Waals surface area (Å²) in [5.74, 6) is 0.915. The van der Waals surface area contributed by atoms with Crippen LogP contribution in [0.4, 0.5) is 4.39 Å². The van der Waals surface area contributed by atoms with Crippen LogP contribution in [-0.2, 0) is 22.6 Å². The van der Waals surface area contributed by atoms with Crippen LogP contribution >= 0.6 is 0 Å². The first-order valence-corrected chi connectivity index (χ1v) is 15.3. The second kappa shape index (κ2) is 14.0. The van der Waals surface area contributed by atoms with Gasteiger partial charge < -0.3 is 30.2 Å². The summed E-state index contributed by atoms with van der Waals surface area (Å²) in [6.07, 6.45) is 2.41. The molecule has 0 spiro atoms. The minimum absolute atomic E-state index is 0.136. The quantitative estimate of drug-likeness (QED) is 0.356. The van der Waals surface area contributed by atoms with Crippen LogP contribution in [0.25, 0.3) is 0 Å². The fourth-order valence-electron chi connectivity index (χ4n) is 5.38. The number of halogens is 1. The predicted molar refractivity (Wildman–Crippen MR) is 164 cm³/mol. The smallest absolute Gasteiger partial charge is 0.258 e. The van der Waals surface area contributed by atoms with Gasteiger partial charge in [0.2, 0.25) is 5.91 Å². The summed E-state index contributed by atoms with van der Waals surface area (Å²) < 4.78 is 31.2.